The maximum Gasteiger partial charge on any atom is 0.251 e. The van der Waals surface area contributed by atoms with Crippen LogP contribution in [0.15, 0.2) is 54.6 Å². The monoisotopic (exact) mass is 328 g/mol. The van der Waals surface area contributed by atoms with Crippen LogP contribution in [0, 0.1) is 0 Å². The number of anilines is 2. The number of rotatable bonds is 3. The number of epoxide rings is 1. The molecule has 120 valence electrons. The molecule has 0 bridgehead atoms. The molecule has 23 heavy (non-hydrogen) atoms. The van der Waals surface area contributed by atoms with Crippen LogP contribution in [0.5, 0.6) is 0 Å². The Morgan fingerprint density at radius 2 is 1.65 bits per heavy atom. The van der Waals surface area contributed by atoms with Gasteiger partial charge in [-0.15, -0.1) is 0 Å². The molecule has 2 aliphatic heterocycles. The number of nitrogens with zero attached hydrogens (tertiary/aromatic N) is 2. The Kier molecular flexibility index (Phi) is 3.67. The molecule has 2 aromatic carbocycles. The molecule has 0 radical (unpaired) electrons. The Morgan fingerprint density at radius 3 is 2.26 bits per heavy atom. The van der Waals surface area contributed by atoms with Crippen molar-refractivity contribution in [3.05, 3.63) is 60.2 Å². The highest BCUT2D eigenvalue weighted by Gasteiger charge is 2.37. The third-order valence-electron chi connectivity index (χ3n) is 4.60. The molecule has 0 aromatic heterocycles. The smallest absolute Gasteiger partial charge is 0.251 e. The summed E-state index contributed by atoms with van der Waals surface area (Å²) in [5.74, 6) is 0. The Labute approximate surface area is 137 Å². The van der Waals surface area contributed by atoms with Gasteiger partial charge in [0.1, 0.15) is 6.10 Å². The molecule has 2 saturated heterocycles. The van der Waals surface area contributed by atoms with Gasteiger partial charge in [0.15, 0.2) is 0 Å². The van der Waals surface area contributed by atoms with Crippen LogP contribution < -0.4 is 9.34 Å². The third kappa shape index (κ3) is 2.66. The first-order valence-electron chi connectivity index (χ1n) is 8.06. The number of para-hydroxylation sites is 1. The molecule has 2 heterocycles. The average Bonchev–Trinajstić information content (AvgIpc) is 3.23. The van der Waals surface area contributed by atoms with Crippen molar-refractivity contribution in [1.29, 1.82) is 0 Å². The van der Waals surface area contributed by atoms with Gasteiger partial charge in [0.2, 0.25) is 0 Å². The summed E-state index contributed by atoms with van der Waals surface area (Å²) >= 11 is 0. The van der Waals surface area contributed by atoms with E-state index in [9.17, 15) is 4.57 Å². The summed E-state index contributed by atoms with van der Waals surface area (Å²) in [5.41, 5.74) is 3.26. The zero-order chi connectivity index (χ0) is 16.0. The summed E-state index contributed by atoms with van der Waals surface area (Å²) in [6, 6.07) is 18.6. The molecule has 5 heteroatoms. The Hall–Kier alpha value is -1.77. The van der Waals surface area contributed by atoms with E-state index in [-0.39, 0.29) is 12.1 Å². The van der Waals surface area contributed by atoms with Gasteiger partial charge in [-0.3, -0.25) is 4.57 Å². The minimum atomic E-state index is -2.03. The summed E-state index contributed by atoms with van der Waals surface area (Å²) in [7, 11) is -2.03. The van der Waals surface area contributed by atoms with Gasteiger partial charge in [0, 0.05) is 17.9 Å². The van der Waals surface area contributed by atoms with Gasteiger partial charge in [0.25, 0.3) is 8.10 Å². The molecule has 0 saturated carbocycles. The Bertz CT molecular complexity index is 720. The van der Waals surface area contributed by atoms with E-state index in [1.807, 2.05) is 35.0 Å². The van der Waals surface area contributed by atoms with Crippen molar-refractivity contribution in [2.45, 2.75) is 32.1 Å². The van der Waals surface area contributed by atoms with Crippen molar-refractivity contribution < 1.29 is 9.30 Å². The molecule has 4 rings (SSSR count). The maximum atomic E-state index is 13.0. The van der Waals surface area contributed by atoms with Gasteiger partial charge in [-0.25, -0.2) is 0 Å². The molecule has 4 atom stereocenters. The van der Waals surface area contributed by atoms with Crippen molar-refractivity contribution in [3.8, 4) is 0 Å². The predicted molar refractivity (Wildman–Crippen MR) is 94.5 cm³/mol. The van der Waals surface area contributed by atoms with Crippen molar-refractivity contribution in [2.75, 3.05) is 15.9 Å². The van der Waals surface area contributed by atoms with Crippen LogP contribution in [0.2, 0.25) is 0 Å². The van der Waals surface area contributed by atoms with Gasteiger partial charge in [-0.1, -0.05) is 30.3 Å². The second kappa shape index (κ2) is 5.70. The second-order valence-corrected chi connectivity index (χ2v) is 7.89. The molecule has 0 N–H and O–H groups in total. The van der Waals surface area contributed by atoms with E-state index in [1.165, 1.54) is 5.56 Å². The first kappa shape index (κ1) is 14.8. The van der Waals surface area contributed by atoms with Gasteiger partial charge in [0.05, 0.1) is 12.1 Å². The molecular weight excluding hydrogens is 307 g/mol. The first-order valence-corrected chi connectivity index (χ1v) is 9.36. The number of ether oxygens (including phenoxy) is 1. The van der Waals surface area contributed by atoms with Gasteiger partial charge in [-0.05, 0) is 43.7 Å². The zero-order valence-electron chi connectivity index (χ0n) is 13.3. The highest BCUT2D eigenvalue weighted by molar-refractivity contribution is 7.49. The fourth-order valence-corrected chi connectivity index (χ4v) is 5.17. The van der Waals surface area contributed by atoms with Crippen molar-refractivity contribution in [3.63, 3.8) is 0 Å². The Morgan fingerprint density at radius 1 is 1.00 bits per heavy atom. The zero-order valence-corrected chi connectivity index (χ0v) is 14.3. The maximum absolute atomic E-state index is 13.0. The first-order chi connectivity index (χ1) is 11.1. The lowest BCUT2D eigenvalue weighted by atomic mass is 10.1. The van der Waals surface area contributed by atoms with Crippen molar-refractivity contribution >= 4 is 19.5 Å². The van der Waals surface area contributed by atoms with E-state index in [1.54, 1.807) is 0 Å². The molecule has 2 fully saturated rings. The van der Waals surface area contributed by atoms with Crippen molar-refractivity contribution in [2.24, 2.45) is 0 Å². The van der Waals surface area contributed by atoms with E-state index in [4.69, 9.17) is 4.74 Å². The fourth-order valence-electron chi connectivity index (χ4n) is 3.29. The molecular formula is C18H21N2O2P. The van der Waals surface area contributed by atoms with Crippen LogP contribution in [0.1, 0.15) is 25.5 Å². The lowest BCUT2D eigenvalue weighted by molar-refractivity contribution is 0.383. The lowest BCUT2D eigenvalue weighted by Gasteiger charge is -2.23. The number of benzene rings is 2. The van der Waals surface area contributed by atoms with E-state index in [0.717, 1.165) is 17.9 Å². The topological polar surface area (TPSA) is 36.1 Å². The largest absolute Gasteiger partial charge is 0.365 e. The molecule has 2 aliphatic rings. The second-order valence-electron chi connectivity index (χ2n) is 6.30. The summed E-state index contributed by atoms with van der Waals surface area (Å²) in [6.45, 7) is 5.00. The molecule has 0 spiro atoms. The minimum Gasteiger partial charge on any atom is -0.365 e. The summed E-state index contributed by atoms with van der Waals surface area (Å²) in [5, 5.41) is 0. The molecule has 4 nitrogen and oxygen atoms in total. The summed E-state index contributed by atoms with van der Waals surface area (Å²) in [6.07, 6.45) is 0.553. The third-order valence-corrected chi connectivity index (χ3v) is 6.62. The van der Waals surface area contributed by atoms with Crippen LogP contribution in [-0.2, 0) is 9.30 Å². The Balaban J connectivity index is 1.58. The summed E-state index contributed by atoms with van der Waals surface area (Å²) < 4.78 is 22.6. The normalized spacial score (nSPS) is 29.8. The van der Waals surface area contributed by atoms with Crippen LogP contribution in [-0.4, -0.2) is 18.7 Å². The van der Waals surface area contributed by atoms with Crippen LogP contribution in [0.3, 0.4) is 0 Å². The summed E-state index contributed by atoms with van der Waals surface area (Å²) in [4.78, 5) is 0. The van der Waals surface area contributed by atoms with Crippen molar-refractivity contribution in [1.82, 2.24) is 0 Å². The molecule has 2 aromatic rings. The highest BCUT2D eigenvalue weighted by atomic mass is 31.1. The van der Waals surface area contributed by atoms with Crippen LogP contribution >= 0.6 is 8.10 Å². The molecule has 0 aliphatic carbocycles. The minimum absolute atomic E-state index is 0.226. The molecule has 0 amide bonds. The SMILES string of the molecule is CC1CN(c2ccccc2)[PH](=O)N1c1ccc([C@@H]2O[C@@H]2C)cc1. The van der Waals surface area contributed by atoms with Gasteiger partial charge in [-0.2, -0.15) is 0 Å². The standard InChI is InChI=1S/C18H21N2O2P/c1-13-12-19(16-6-4-3-5-7-16)23(21)20(13)17-10-8-15(9-11-17)18-14(2)22-18/h3-11,13-14,18,23H,12H2,1-2H3/t13?,14-,18-/m1/s1. The van der Waals surface area contributed by atoms with Gasteiger partial charge < -0.3 is 14.1 Å². The molecule has 2 unspecified atom stereocenters. The highest BCUT2D eigenvalue weighted by Crippen LogP contribution is 2.47. The van der Waals surface area contributed by atoms with Crippen LogP contribution in [0.4, 0.5) is 11.4 Å². The number of hydrogen-bond donors (Lipinski definition) is 0. The van der Waals surface area contributed by atoms with E-state index >= 15 is 0 Å². The lowest BCUT2D eigenvalue weighted by Crippen LogP contribution is -2.23. The van der Waals surface area contributed by atoms with Gasteiger partial charge >= 0.3 is 0 Å². The van der Waals surface area contributed by atoms with E-state index in [2.05, 4.69) is 42.8 Å². The average molecular weight is 328 g/mol. The quantitative estimate of drug-likeness (QED) is 0.623. The fraction of sp³-hybridized carbons (Fsp3) is 0.333. The van der Waals surface area contributed by atoms with E-state index in [0.29, 0.717) is 6.10 Å². The predicted octanol–water partition coefficient (Wildman–Crippen LogP) is 4.25. The van der Waals surface area contributed by atoms with Crippen LogP contribution in [0.25, 0.3) is 0 Å². The number of hydrogen-bond acceptors (Lipinski definition) is 2. The van der Waals surface area contributed by atoms with E-state index < -0.39 is 8.10 Å².